The topological polar surface area (TPSA) is 259 Å². The molecule has 0 aliphatic carbocycles. The van der Waals surface area contributed by atoms with Crippen LogP contribution in [0.15, 0.2) is 9.74 Å². The van der Waals surface area contributed by atoms with E-state index in [-0.39, 0.29) is 0 Å². The van der Waals surface area contributed by atoms with Gasteiger partial charge in [0.25, 0.3) is 5.09 Å². The molecule has 0 N–H and O–H groups in total. The van der Waals surface area contributed by atoms with Crippen LogP contribution in [0.2, 0.25) is 0 Å². The highest BCUT2D eigenvalue weighted by atomic mass is 17.0. The minimum absolute atomic E-state index is 1.24. The van der Waals surface area contributed by atoms with E-state index >= 15 is 0 Å². The molecule has 0 unspecified atom stereocenters. The van der Waals surface area contributed by atoms with Crippen molar-refractivity contribution in [1.82, 2.24) is 10.3 Å². The first-order valence-corrected chi connectivity index (χ1v) is 4.85. The second-order valence-electron chi connectivity index (χ2n) is 3.33. The molecule has 0 aliphatic heterocycles. The lowest BCUT2D eigenvalue weighted by Gasteiger charge is -2.11. The van der Waals surface area contributed by atoms with Gasteiger partial charge in [0.1, 0.15) is 0 Å². The van der Waals surface area contributed by atoms with E-state index in [0.717, 1.165) is 0 Å². The van der Waals surface area contributed by atoms with Gasteiger partial charge in [-0.15, -0.1) is 14.7 Å². The van der Waals surface area contributed by atoms with Crippen molar-refractivity contribution in [3.63, 3.8) is 0 Å². The van der Waals surface area contributed by atoms with Crippen LogP contribution >= 0.6 is 0 Å². The molecule has 0 amide bonds. The van der Waals surface area contributed by atoms with Gasteiger partial charge < -0.3 is 15.3 Å². The number of aromatic nitrogens is 2. The van der Waals surface area contributed by atoms with Crippen molar-refractivity contribution in [1.29, 1.82) is 0 Å². The predicted molar refractivity (Wildman–Crippen MR) is 56.3 cm³/mol. The smallest absolute Gasteiger partial charge is 0.589 e. The summed E-state index contributed by atoms with van der Waals surface area (Å²) < 4.78 is 3.86. The van der Waals surface area contributed by atoms with Crippen molar-refractivity contribution in [3.8, 4) is 0 Å². The highest BCUT2D eigenvalue weighted by Crippen LogP contribution is 2.24. The van der Waals surface area contributed by atoms with Crippen molar-refractivity contribution in [3.05, 3.63) is 45.7 Å². The van der Waals surface area contributed by atoms with Crippen molar-refractivity contribution < 1.29 is 34.2 Å². The van der Waals surface area contributed by atoms with E-state index in [2.05, 4.69) is 24.9 Å². The Morgan fingerprint density at radius 2 is 1.61 bits per heavy atom. The van der Waals surface area contributed by atoms with Crippen LogP contribution in [0.4, 0.5) is 11.6 Å². The molecule has 1 heterocycles. The van der Waals surface area contributed by atoms with Gasteiger partial charge in [-0.05, 0) is 4.92 Å². The van der Waals surface area contributed by atoms with E-state index in [4.69, 9.17) is 0 Å². The number of rotatable bonds is 8. The second-order valence-corrected chi connectivity index (χ2v) is 3.33. The number of hydrogen-bond donors (Lipinski definition) is 0. The first kappa shape index (κ1) is 17.0. The summed E-state index contributed by atoms with van der Waals surface area (Å²) in [5.41, 5.74) is 0. The minimum Gasteiger partial charge on any atom is -0.589 e. The Kier molecular flexibility index (Phi) is 4.54. The highest BCUT2D eigenvalue weighted by molar-refractivity contribution is 5.41. The van der Waals surface area contributed by atoms with E-state index in [1.54, 1.807) is 0 Å². The van der Waals surface area contributed by atoms with Crippen molar-refractivity contribution in [2.45, 2.75) is 5.79 Å². The predicted octanol–water partition coefficient (Wildman–Crippen LogP) is -1.01. The maximum Gasteiger partial charge on any atom is 0.705 e. The van der Waals surface area contributed by atoms with Crippen LogP contribution in [-0.2, 0) is 4.84 Å². The van der Waals surface area contributed by atoms with E-state index in [1.807, 2.05) is 0 Å². The summed E-state index contributed by atoms with van der Waals surface area (Å²) in [6, 6.07) is 0. The number of nitro groups is 3. The lowest BCUT2D eigenvalue weighted by molar-refractivity contribution is -0.991. The molecule has 124 valence electrons. The van der Waals surface area contributed by atoms with Crippen molar-refractivity contribution in [2.24, 2.45) is 5.11 Å². The molecule has 0 saturated carbocycles. The highest BCUT2D eigenvalue weighted by Gasteiger charge is 2.70. The van der Waals surface area contributed by atoms with Crippen LogP contribution in [0.3, 0.4) is 0 Å². The Morgan fingerprint density at radius 3 is 2.04 bits per heavy atom. The third-order valence-corrected chi connectivity index (χ3v) is 2.07. The van der Waals surface area contributed by atoms with Gasteiger partial charge in [-0.3, -0.25) is 25.1 Å². The zero-order valence-corrected chi connectivity index (χ0v) is 10.3. The molecule has 0 aliphatic rings. The molecule has 1 aromatic rings. The molecule has 0 spiro atoms. The average molecular weight is 338 g/mol. The summed E-state index contributed by atoms with van der Waals surface area (Å²) in [5, 5.41) is 60.2. The number of azo groups is 1. The molecule has 0 fully saturated rings. The zero-order chi connectivity index (χ0) is 17.8. The Bertz CT molecular complexity index is 678. The minimum atomic E-state index is -4.00. The van der Waals surface area contributed by atoms with Gasteiger partial charge in [-0.25, -0.2) is 0 Å². The molecule has 0 atom stereocenters. The van der Waals surface area contributed by atoms with Crippen LogP contribution < -0.4 is 0 Å². The molecule has 23 heavy (non-hydrogen) atoms. The summed E-state index contributed by atoms with van der Waals surface area (Å²) >= 11 is 0. The Morgan fingerprint density at radius 1 is 1.04 bits per heavy atom. The molecule has 0 aromatic carbocycles. The lowest BCUT2D eigenvalue weighted by atomic mass is 10.4. The number of hydrogen-bond acceptors (Lipinski definition) is 14. The van der Waals surface area contributed by atoms with E-state index < -0.39 is 48.7 Å². The van der Waals surface area contributed by atoms with Crippen LogP contribution in [0.1, 0.15) is 0 Å². The van der Waals surface area contributed by atoms with Gasteiger partial charge in [0, 0.05) is 5.16 Å². The fourth-order valence-electron chi connectivity index (χ4n) is 1.03. The van der Waals surface area contributed by atoms with E-state index in [1.165, 1.54) is 0 Å². The van der Waals surface area contributed by atoms with Crippen LogP contribution in [0, 0.1) is 45.7 Å². The quantitative estimate of drug-likeness (QED) is 0.181. The normalized spacial score (nSPS) is 11.7. The second kappa shape index (κ2) is 6.15. The first-order chi connectivity index (χ1) is 10.6. The summed E-state index contributed by atoms with van der Waals surface area (Å²) in [4.78, 5) is 39.5. The fraction of sp³-hybridized carbons (Fsp3) is 0.500. The van der Waals surface area contributed by atoms with E-state index in [0.29, 0.717) is 0 Å². The summed E-state index contributed by atoms with van der Waals surface area (Å²) in [6.07, 6.45) is 0. The van der Waals surface area contributed by atoms with Gasteiger partial charge in [-0.1, -0.05) is 0 Å². The third-order valence-electron chi connectivity index (χ3n) is 2.07. The standard InChI is InChI=1S/C4H2N8O11/c13-8(14)3-2(6-23-7-3)5-9(15)4(10(16)17,11(18)19)1-22-12(20)21/h1H2. The summed E-state index contributed by atoms with van der Waals surface area (Å²) in [6.45, 7) is -1.97. The third kappa shape index (κ3) is 3.17. The molecule has 19 heteroatoms. The molecule has 0 bridgehead atoms. The van der Waals surface area contributed by atoms with Gasteiger partial charge in [0.15, 0.2) is 15.0 Å². The Hall–Kier alpha value is -4.06. The molecule has 0 saturated heterocycles. The van der Waals surface area contributed by atoms with Gasteiger partial charge in [0.05, 0.1) is 9.97 Å². The van der Waals surface area contributed by atoms with Crippen LogP contribution in [0.25, 0.3) is 0 Å². The van der Waals surface area contributed by atoms with Crippen molar-refractivity contribution >= 4 is 11.6 Å². The Balaban J connectivity index is 3.40. The first-order valence-electron chi connectivity index (χ1n) is 4.85. The van der Waals surface area contributed by atoms with Gasteiger partial charge in [0.2, 0.25) is 0 Å². The zero-order valence-electron chi connectivity index (χ0n) is 10.3. The molecular formula is C4H2N8O11. The summed E-state index contributed by atoms with van der Waals surface area (Å²) in [5.74, 6) is -6.51. The van der Waals surface area contributed by atoms with Crippen LogP contribution in [-0.4, -0.2) is 47.4 Å². The maximum atomic E-state index is 11.6. The molecular weight excluding hydrogens is 336 g/mol. The molecule has 19 nitrogen and oxygen atoms in total. The SMILES string of the molecule is O=[N+]([O-])OCC([N+](=O)[O-])([N+](=O)[O-])[N+]([O-])=Nc1nonc1[N+](=O)[O-]. The van der Waals surface area contributed by atoms with E-state index in [9.17, 15) is 45.7 Å². The summed E-state index contributed by atoms with van der Waals surface area (Å²) in [7, 11) is 0. The van der Waals surface area contributed by atoms with Gasteiger partial charge in [-0.2, -0.15) is 0 Å². The molecule has 0 radical (unpaired) electrons. The van der Waals surface area contributed by atoms with Crippen molar-refractivity contribution in [2.75, 3.05) is 6.61 Å². The molecule has 1 rings (SSSR count). The largest absolute Gasteiger partial charge is 0.705 e. The monoisotopic (exact) mass is 338 g/mol. The van der Waals surface area contributed by atoms with Crippen LogP contribution in [0.5, 0.6) is 0 Å². The lowest BCUT2D eigenvalue weighted by Crippen LogP contribution is -2.57. The Labute approximate surface area is 120 Å². The molecule has 1 aromatic heterocycles. The number of nitrogens with zero attached hydrogens (tertiary/aromatic N) is 8. The average Bonchev–Trinajstić information content (AvgIpc) is 2.86. The fourth-order valence-corrected chi connectivity index (χ4v) is 1.03. The van der Waals surface area contributed by atoms with Gasteiger partial charge >= 0.3 is 24.0 Å². The number of hydroxylamine groups is 1. The maximum absolute atomic E-state index is 11.6.